The summed E-state index contributed by atoms with van der Waals surface area (Å²) >= 11 is 0. The minimum absolute atomic E-state index is 0.400. The van der Waals surface area contributed by atoms with E-state index in [9.17, 15) is 0 Å². The van der Waals surface area contributed by atoms with E-state index in [1.165, 1.54) is 25.7 Å². The molecular formula is C15H21N3. The molecule has 1 aromatic heterocycles. The highest BCUT2D eigenvalue weighted by Crippen LogP contribution is 2.35. The first kappa shape index (κ1) is 12.9. The lowest BCUT2D eigenvalue weighted by Crippen LogP contribution is -2.42. The molecule has 0 radical (unpaired) electrons. The van der Waals surface area contributed by atoms with E-state index in [4.69, 9.17) is 5.26 Å². The number of aromatic nitrogens is 1. The Kier molecular flexibility index (Phi) is 3.86. The summed E-state index contributed by atoms with van der Waals surface area (Å²) in [5.74, 6) is 0.955. The molecule has 96 valence electrons. The highest BCUT2D eigenvalue weighted by atomic mass is 15.2. The summed E-state index contributed by atoms with van der Waals surface area (Å²) in [5.41, 5.74) is 0.910. The minimum Gasteiger partial charge on any atom is -0.356 e. The van der Waals surface area contributed by atoms with Crippen molar-refractivity contribution in [3.8, 4) is 6.07 Å². The molecule has 1 saturated heterocycles. The van der Waals surface area contributed by atoms with Crippen LogP contribution in [-0.4, -0.2) is 18.1 Å². The fraction of sp³-hybridized carbons (Fsp3) is 0.600. The van der Waals surface area contributed by atoms with E-state index in [1.54, 1.807) is 6.07 Å². The summed E-state index contributed by atoms with van der Waals surface area (Å²) in [5, 5.41) is 8.92. The predicted octanol–water partition coefficient (Wildman–Crippen LogP) is 3.36. The van der Waals surface area contributed by atoms with E-state index in [-0.39, 0.29) is 0 Å². The van der Waals surface area contributed by atoms with Crippen molar-refractivity contribution in [2.24, 2.45) is 5.41 Å². The minimum atomic E-state index is 0.400. The molecule has 0 amide bonds. The van der Waals surface area contributed by atoms with Gasteiger partial charge in [0.1, 0.15) is 17.6 Å². The van der Waals surface area contributed by atoms with E-state index >= 15 is 0 Å². The van der Waals surface area contributed by atoms with Gasteiger partial charge in [-0.1, -0.05) is 26.3 Å². The van der Waals surface area contributed by atoms with Crippen LogP contribution in [0.3, 0.4) is 0 Å². The van der Waals surface area contributed by atoms with Crippen LogP contribution in [-0.2, 0) is 0 Å². The zero-order valence-corrected chi connectivity index (χ0v) is 11.3. The van der Waals surface area contributed by atoms with Gasteiger partial charge < -0.3 is 4.90 Å². The molecule has 1 fully saturated rings. The molecule has 2 rings (SSSR count). The topological polar surface area (TPSA) is 39.9 Å². The Morgan fingerprint density at radius 1 is 1.50 bits per heavy atom. The Morgan fingerprint density at radius 3 is 3.06 bits per heavy atom. The van der Waals surface area contributed by atoms with E-state index < -0.39 is 0 Å². The molecule has 3 heteroatoms. The number of rotatable bonds is 3. The molecule has 18 heavy (non-hydrogen) atoms. The monoisotopic (exact) mass is 243 g/mol. The molecule has 1 aromatic rings. The maximum absolute atomic E-state index is 8.92. The molecule has 0 spiro atoms. The maximum Gasteiger partial charge on any atom is 0.142 e. The van der Waals surface area contributed by atoms with Crippen LogP contribution in [0.15, 0.2) is 18.2 Å². The van der Waals surface area contributed by atoms with Gasteiger partial charge in [0.05, 0.1) is 0 Å². The first-order valence-electron chi connectivity index (χ1n) is 6.79. The van der Waals surface area contributed by atoms with Crippen LogP contribution < -0.4 is 4.90 Å². The second kappa shape index (κ2) is 5.39. The largest absolute Gasteiger partial charge is 0.356 e. The Labute approximate surface area is 109 Å². The van der Waals surface area contributed by atoms with Gasteiger partial charge in [0.15, 0.2) is 0 Å². The lowest BCUT2D eigenvalue weighted by molar-refractivity contribution is 0.238. The molecule has 1 atom stereocenters. The Hall–Kier alpha value is -1.56. The van der Waals surface area contributed by atoms with Crippen LogP contribution in [0.2, 0.25) is 0 Å². The van der Waals surface area contributed by atoms with Crippen molar-refractivity contribution in [1.82, 2.24) is 4.98 Å². The van der Waals surface area contributed by atoms with Gasteiger partial charge in [-0.15, -0.1) is 0 Å². The average Bonchev–Trinajstić information content (AvgIpc) is 2.39. The molecule has 0 aromatic carbocycles. The third-order valence-electron chi connectivity index (χ3n) is 3.81. The van der Waals surface area contributed by atoms with Crippen LogP contribution >= 0.6 is 0 Å². The molecule has 0 aliphatic carbocycles. The lowest BCUT2D eigenvalue weighted by Gasteiger charge is -2.41. The van der Waals surface area contributed by atoms with Crippen molar-refractivity contribution in [3.63, 3.8) is 0 Å². The van der Waals surface area contributed by atoms with Crippen molar-refractivity contribution in [1.29, 1.82) is 5.26 Å². The third kappa shape index (κ3) is 2.81. The summed E-state index contributed by atoms with van der Waals surface area (Å²) < 4.78 is 0. The van der Waals surface area contributed by atoms with Crippen LogP contribution in [0.4, 0.5) is 5.82 Å². The Bertz CT molecular complexity index is 445. The first-order chi connectivity index (χ1) is 8.67. The second-order valence-electron chi connectivity index (χ2n) is 5.58. The molecule has 1 aliphatic rings. The Balaban J connectivity index is 2.15. The Morgan fingerprint density at radius 2 is 2.33 bits per heavy atom. The predicted molar refractivity (Wildman–Crippen MR) is 73.4 cm³/mol. The van der Waals surface area contributed by atoms with Gasteiger partial charge in [-0.05, 0) is 36.8 Å². The smallest absolute Gasteiger partial charge is 0.142 e. The highest BCUT2D eigenvalue weighted by Gasteiger charge is 2.30. The molecule has 0 N–H and O–H groups in total. The summed E-state index contributed by atoms with van der Waals surface area (Å²) in [7, 11) is 0. The first-order valence-corrected chi connectivity index (χ1v) is 6.79. The number of hydrogen-bond acceptors (Lipinski definition) is 3. The molecule has 1 unspecified atom stereocenters. The van der Waals surface area contributed by atoms with Crippen LogP contribution in [0.1, 0.15) is 45.2 Å². The SMILES string of the molecule is CCCC1(C)CCCN(c2cccc(C#N)n2)C1. The molecule has 0 bridgehead atoms. The van der Waals surface area contributed by atoms with Crippen molar-refractivity contribution in [2.45, 2.75) is 39.5 Å². The highest BCUT2D eigenvalue weighted by molar-refractivity contribution is 5.42. The number of nitrogens with zero attached hydrogens (tertiary/aromatic N) is 3. The fourth-order valence-electron chi connectivity index (χ4n) is 2.98. The number of hydrogen-bond donors (Lipinski definition) is 0. The lowest BCUT2D eigenvalue weighted by atomic mass is 9.78. The molecular weight excluding hydrogens is 222 g/mol. The summed E-state index contributed by atoms with van der Waals surface area (Å²) in [6.45, 7) is 6.74. The quantitative estimate of drug-likeness (QED) is 0.817. The summed E-state index contributed by atoms with van der Waals surface area (Å²) in [6.07, 6.45) is 5.02. The molecule has 3 nitrogen and oxygen atoms in total. The average molecular weight is 243 g/mol. The van der Waals surface area contributed by atoms with E-state index in [1.807, 2.05) is 12.1 Å². The standard InChI is InChI=1S/C15H21N3/c1-3-8-15(2)9-5-10-18(12-15)14-7-4-6-13(11-16)17-14/h4,6-7H,3,5,8-10,12H2,1-2H3. The van der Waals surface area contributed by atoms with E-state index in [0.29, 0.717) is 11.1 Å². The molecule has 1 aliphatic heterocycles. The van der Waals surface area contributed by atoms with Gasteiger partial charge in [0.2, 0.25) is 0 Å². The number of anilines is 1. The van der Waals surface area contributed by atoms with E-state index in [2.05, 4.69) is 29.8 Å². The van der Waals surface area contributed by atoms with Crippen molar-refractivity contribution >= 4 is 5.82 Å². The van der Waals surface area contributed by atoms with Crippen molar-refractivity contribution in [2.75, 3.05) is 18.0 Å². The van der Waals surface area contributed by atoms with Gasteiger partial charge in [-0.3, -0.25) is 0 Å². The van der Waals surface area contributed by atoms with Gasteiger partial charge in [-0.2, -0.15) is 5.26 Å². The normalized spacial score (nSPS) is 23.7. The zero-order valence-electron chi connectivity index (χ0n) is 11.3. The van der Waals surface area contributed by atoms with Crippen molar-refractivity contribution < 1.29 is 0 Å². The number of nitriles is 1. The number of pyridine rings is 1. The summed E-state index contributed by atoms with van der Waals surface area (Å²) in [6, 6.07) is 7.81. The second-order valence-corrected chi connectivity index (χ2v) is 5.58. The zero-order chi connectivity index (χ0) is 13.0. The van der Waals surface area contributed by atoms with Crippen LogP contribution in [0.5, 0.6) is 0 Å². The van der Waals surface area contributed by atoms with Crippen LogP contribution in [0.25, 0.3) is 0 Å². The van der Waals surface area contributed by atoms with Crippen molar-refractivity contribution in [3.05, 3.63) is 23.9 Å². The number of piperidine rings is 1. The van der Waals surface area contributed by atoms with Gasteiger partial charge >= 0.3 is 0 Å². The van der Waals surface area contributed by atoms with E-state index in [0.717, 1.165) is 18.9 Å². The third-order valence-corrected chi connectivity index (χ3v) is 3.81. The van der Waals surface area contributed by atoms with Gasteiger partial charge in [0, 0.05) is 13.1 Å². The maximum atomic E-state index is 8.92. The van der Waals surface area contributed by atoms with Gasteiger partial charge in [0.25, 0.3) is 0 Å². The molecule has 0 saturated carbocycles. The fourth-order valence-corrected chi connectivity index (χ4v) is 2.98. The van der Waals surface area contributed by atoms with Gasteiger partial charge in [-0.25, -0.2) is 4.98 Å². The van der Waals surface area contributed by atoms with Crippen LogP contribution in [0, 0.1) is 16.7 Å². The summed E-state index contributed by atoms with van der Waals surface area (Å²) in [4.78, 5) is 6.74. The molecule has 2 heterocycles.